The largest absolute Gasteiger partial charge is 0.507 e. The normalized spacial score (nSPS) is 18.6. The minimum absolute atomic E-state index is 0.215. The van der Waals surface area contributed by atoms with Gasteiger partial charge in [0.05, 0.1) is 17.7 Å². The maximum absolute atomic E-state index is 12.4. The van der Waals surface area contributed by atoms with E-state index in [0.717, 1.165) is 11.1 Å². The number of nitrogens with zero attached hydrogens (tertiary/aromatic N) is 1. The molecule has 29 heavy (non-hydrogen) atoms. The van der Waals surface area contributed by atoms with Crippen LogP contribution in [0.15, 0.2) is 83.9 Å². The maximum Gasteiger partial charge on any atom is 0.341 e. The molecule has 0 saturated heterocycles. The molecule has 3 aromatic rings. The van der Waals surface area contributed by atoms with E-state index in [9.17, 15) is 19.8 Å². The maximum atomic E-state index is 12.4. The monoisotopic (exact) mass is 386 g/mol. The van der Waals surface area contributed by atoms with E-state index in [4.69, 9.17) is 0 Å². The standard InChI is InChI=1S/C23H18N2O4/c26-18-12-11-16(13-17(18)22(27)28)21-19(14-7-3-1-4-8-14)20(24-23(29)25-21)15-9-5-2-6-10-15/h1-13,19,21,26H,(H,25,29)(H,27,28). The van der Waals surface area contributed by atoms with E-state index in [0.29, 0.717) is 11.3 Å². The lowest BCUT2D eigenvalue weighted by atomic mass is 9.80. The van der Waals surface area contributed by atoms with E-state index >= 15 is 0 Å². The summed E-state index contributed by atoms with van der Waals surface area (Å²) in [6.07, 6.45) is 0. The fraction of sp³-hybridized carbons (Fsp3) is 0.0870. The van der Waals surface area contributed by atoms with Gasteiger partial charge in [-0.05, 0) is 28.8 Å². The number of carbonyl (C=O) groups excluding carboxylic acids is 1. The van der Waals surface area contributed by atoms with Gasteiger partial charge >= 0.3 is 12.0 Å². The van der Waals surface area contributed by atoms with E-state index in [1.807, 2.05) is 60.7 Å². The van der Waals surface area contributed by atoms with E-state index in [1.54, 1.807) is 6.07 Å². The van der Waals surface area contributed by atoms with Crippen LogP contribution in [0.5, 0.6) is 5.75 Å². The molecule has 144 valence electrons. The van der Waals surface area contributed by atoms with Crippen molar-refractivity contribution in [2.45, 2.75) is 12.0 Å². The molecule has 0 saturated carbocycles. The Morgan fingerprint density at radius 1 is 0.897 bits per heavy atom. The topological polar surface area (TPSA) is 99.0 Å². The lowest BCUT2D eigenvalue weighted by molar-refractivity contribution is 0.0693. The number of rotatable bonds is 4. The average molecular weight is 386 g/mol. The quantitative estimate of drug-likeness (QED) is 0.628. The zero-order chi connectivity index (χ0) is 20.4. The van der Waals surface area contributed by atoms with Gasteiger partial charge in [0, 0.05) is 0 Å². The lowest BCUT2D eigenvalue weighted by Gasteiger charge is -2.33. The summed E-state index contributed by atoms with van der Waals surface area (Å²) in [6.45, 7) is 0. The van der Waals surface area contributed by atoms with Crippen LogP contribution in [-0.2, 0) is 0 Å². The number of aromatic carboxylic acids is 1. The van der Waals surface area contributed by atoms with Crippen molar-refractivity contribution in [3.63, 3.8) is 0 Å². The number of hydrogen-bond acceptors (Lipinski definition) is 3. The molecule has 2 unspecified atom stereocenters. The Bertz CT molecular complexity index is 1090. The molecule has 0 fully saturated rings. The minimum Gasteiger partial charge on any atom is -0.507 e. The number of carboxylic acids is 1. The third-order valence-corrected chi connectivity index (χ3v) is 4.97. The molecule has 0 spiro atoms. The third-order valence-electron chi connectivity index (χ3n) is 4.97. The van der Waals surface area contributed by atoms with Crippen LogP contribution in [0.2, 0.25) is 0 Å². The van der Waals surface area contributed by atoms with Crippen molar-refractivity contribution in [2.24, 2.45) is 4.99 Å². The Hall–Kier alpha value is -3.93. The van der Waals surface area contributed by atoms with Gasteiger partial charge in [-0.1, -0.05) is 66.7 Å². The van der Waals surface area contributed by atoms with Gasteiger partial charge in [0.2, 0.25) is 0 Å². The van der Waals surface area contributed by atoms with Crippen molar-refractivity contribution in [3.8, 4) is 5.75 Å². The molecule has 0 aliphatic carbocycles. The molecular weight excluding hydrogens is 368 g/mol. The van der Waals surface area contributed by atoms with Crippen LogP contribution in [0.4, 0.5) is 4.79 Å². The molecule has 2 amide bonds. The summed E-state index contributed by atoms with van der Waals surface area (Å²) in [5, 5.41) is 22.1. The summed E-state index contributed by atoms with van der Waals surface area (Å²) in [5.74, 6) is -1.89. The average Bonchev–Trinajstić information content (AvgIpc) is 2.74. The number of urea groups is 1. The van der Waals surface area contributed by atoms with Crippen molar-refractivity contribution in [1.29, 1.82) is 0 Å². The number of aromatic hydroxyl groups is 1. The van der Waals surface area contributed by atoms with Crippen molar-refractivity contribution >= 4 is 17.7 Å². The number of nitrogens with one attached hydrogen (secondary N) is 1. The van der Waals surface area contributed by atoms with Crippen molar-refractivity contribution in [3.05, 3.63) is 101 Å². The predicted octanol–water partition coefficient (Wildman–Crippen LogP) is 4.13. The number of phenols is 1. The molecule has 1 heterocycles. The Labute approximate surface area is 167 Å². The molecule has 1 aliphatic rings. The van der Waals surface area contributed by atoms with Gasteiger partial charge in [-0.3, -0.25) is 0 Å². The SMILES string of the molecule is O=C1N=C(c2ccccc2)C(c2ccccc2)C(c2ccc(O)c(C(=O)O)c2)N1. The number of hydrogen-bond donors (Lipinski definition) is 3. The second-order valence-corrected chi connectivity index (χ2v) is 6.76. The highest BCUT2D eigenvalue weighted by Crippen LogP contribution is 2.38. The fourth-order valence-electron chi connectivity index (χ4n) is 3.64. The molecule has 3 N–H and O–H groups in total. The predicted molar refractivity (Wildman–Crippen MR) is 109 cm³/mol. The number of aliphatic imine (C=N–C) groups is 1. The Balaban J connectivity index is 1.89. The van der Waals surface area contributed by atoms with Crippen LogP contribution >= 0.6 is 0 Å². The number of amides is 2. The van der Waals surface area contributed by atoms with Gasteiger partial charge in [0.1, 0.15) is 11.3 Å². The zero-order valence-electron chi connectivity index (χ0n) is 15.3. The van der Waals surface area contributed by atoms with E-state index < -0.39 is 18.0 Å². The summed E-state index contributed by atoms with van der Waals surface area (Å²) < 4.78 is 0. The molecule has 1 aliphatic heterocycles. The summed E-state index contributed by atoms with van der Waals surface area (Å²) in [5.41, 5.74) is 2.72. The second-order valence-electron chi connectivity index (χ2n) is 6.76. The van der Waals surface area contributed by atoms with Crippen molar-refractivity contribution < 1.29 is 19.8 Å². The highest BCUT2D eigenvalue weighted by atomic mass is 16.4. The minimum atomic E-state index is -1.24. The van der Waals surface area contributed by atoms with Crippen LogP contribution < -0.4 is 5.32 Å². The van der Waals surface area contributed by atoms with Gasteiger partial charge in [-0.2, -0.15) is 4.99 Å². The van der Waals surface area contributed by atoms with E-state index in [2.05, 4.69) is 10.3 Å². The Kier molecular flexibility index (Phi) is 4.83. The van der Waals surface area contributed by atoms with Crippen molar-refractivity contribution in [1.82, 2.24) is 5.32 Å². The lowest BCUT2D eigenvalue weighted by Crippen LogP contribution is -2.40. The van der Waals surface area contributed by atoms with E-state index in [-0.39, 0.29) is 17.2 Å². The first-order chi connectivity index (χ1) is 14.0. The fourth-order valence-corrected chi connectivity index (χ4v) is 3.64. The highest BCUT2D eigenvalue weighted by Gasteiger charge is 2.36. The first kappa shape index (κ1) is 18.4. The molecule has 0 aromatic heterocycles. The first-order valence-corrected chi connectivity index (χ1v) is 9.10. The number of carboxylic acid groups (broad SMARTS) is 1. The third kappa shape index (κ3) is 3.60. The summed E-state index contributed by atoms with van der Waals surface area (Å²) in [4.78, 5) is 28.2. The summed E-state index contributed by atoms with van der Waals surface area (Å²) in [6, 6.07) is 22.4. The van der Waals surface area contributed by atoms with Gasteiger partial charge in [-0.15, -0.1) is 0 Å². The Morgan fingerprint density at radius 2 is 1.55 bits per heavy atom. The molecule has 3 aromatic carbocycles. The summed E-state index contributed by atoms with van der Waals surface area (Å²) in [7, 11) is 0. The Morgan fingerprint density at radius 3 is 2.21 bits per heavy atom. The van der Waals surface area contributed by atoms with Crippen LogP contribution in [0.25, 0.3) is 0 Å². The molecule has 0 bridgehead atoms. The molecule has 6 nitrogen and oxygen atoms in total. The van der Waals surface area contributed by atoms with Gasteiger partial charge in [-0.25, -0.2) is 9.59 Å². The zero-order valence-corrected chi connectivity index (χ0v) is 15.3. The summed E-state index contributed by atoms with van der Waals surface area (Å²) >= 11 is 0. The molecule has 2 atom stereocenters. The van der Waals surface area contributed by atoms with Gasteiger partial charge in [0.15, 0.2) is 0 Å². The molecule has 6 heteroatoms. The van der Waals surface area contributed by atoms with Crippen molar-refractivity contribution in [2.75, 3.05) is 0 Å². The smallest absolute Gasteiger partial charge is 0.341 e. The van der Waals surface area contributed by atoms with E-state index in [1.165, 1.54) is 12.1 Å². The number of benzene rings is 3. The van der Waals surface area contributed by atoms with Crippen LogP contribution in [0.1, 0.15) is 39.0 Å². The highest BCUT2D eigenvalue weighted by molar-refractivity contribution is 6.12. The van der Waals surface area contributed by atoms with Gasteiger partial charge in [0.25, 0.3) is 0 Å². The number of carbonyl (C=O) groups is 2. The molecule has 4 rings (SSSR count). The first-order valence-electron chi connectivity index (χ1n) is 9.10. The molecular formula is C23H18N2O4. The van der Waals surface area contributed by atoms with Crippen LogP contribution in [-0.4, -0.2) is 27.9 Å². The second kappa shape index (κ2) is 7.59. The molecule has 0 radical (unpaired) electrons. The van der Waals surface area contributed by atoms with Crippen LogP contribution in [0.3, 0.4) is 0 Å². The van der Waals surface area contributed by atoms with Gasteiger partial charge < -0.3 is 15.5 Å². The van der Waals surface area contributed by atoms with Crippen LogP contribution in [0, 0.1) is 0 Å².